The van der Waals surface area contributed by atoms with Crippen molar-refractivity contribution in [3.8, 4) is 17.3 Å². The minimum Gasteiger partial charge on any atom is -0.505 e. The van der Waals surface area contributed by atoms with Gasteiger partial charge in [-0.2, -0.15) is 4.39 Å². The summed E-state index contributed by atoms with van der Waals surface area (Å²) in [4.78, 5) is 14.8. The number of benzene rings is 1. The largest absolute Gasteiger partial charge is 0.505 e. The third-order valence-electron chi connectivity index (χ3n) is 3.91. The maximum Gasteiger partial charge on any atom is 0.200 e. The summed E-state index contributed by atoms with van der Waals surface area (Å²) < 4.78 is 26.7. The Kier molecular flexibility index (Phi) is 3.34. The van der Waals surface area contributed by atoms with Gasteiger partial charge in [0, 0.05) is 42.3 Å². The Morgan fingerprint density at radius 3 is 2.71 bits per heavy atom. The van der Waals surface area contributed by atoms with Crippen molar-refractivity contribution in [2.75, 3.05) is 4.90 Å². The van der Waals surface area contributed by atoms with Gasteiger partial charge in [-0.1, -0.05) is 6.07 Å². The molecule has 0 aliphatic carbocycles. The molecule has 5 nitrogen and oxygen atoms in total. The number of nitrogens with zero attached hydrogens (tertiary/aromatic N) is 4. The quantitative estimate of drug-likeness (QED) is 0.784. The second-order valence-electron chi connectivity index (χ2n) is 5.50. The third-order valence-corrected chi connectivity index (χ3v) is 3.91. The Balaban J connectivity index is 1.65. The van der Waals surface area contributed by atoms with Crippen molar-refractivity contribution in [1.29, 1.82) is 0 Å². The summed E-state index contributed by atoms with van der Waals surface area (Å²) >= 11 is 0. The van der Waals surface area contributed by atoms with Crippen molar-refractivity contribution in [2.45, 2.75) is 13.1 Å². The van der Waals surface area contributed by atoms with Crippen molar-refractivity contribution in [1.82, 2.24) is 15.0 Å². The third kappa shape index (κ3) is 2.44. The van der Waals surface area contributed by atoms with Crippen molar-refractivity contribution in [2.24, 2.45) is 0 Å². The molecule has 120 valence electrons. The maximum absolute atomic E-state index is 13.5. The van der Waals surface area contributed by atoms with Crippen LogP contribution in [0.2, 0.25) is 0 Å². The number of rotatable bonds is 2. The van der Waals surface area contributed by atoms with E-state index in [1.54, 1.807) is 17.3 Å². The summed E-state index contributed by atoms with van der Waals surface area (Å²) in [6.45, 7) is 0.880. The molecule has 0 spiro atoms. The Labute approximate surface area is 136 Å². The number of phenolic OH excluding ortho intramolecular Hbond substituents is 1. The molecule has 0 fully saturated rings. The summed E-state index contributed by atoms with van der Waals surface area (Å²) in [5, 5.41) is 9.47. The topological polar surface area (TPSA) is 62.1 Å². The Bertz CT molecular complexity index is 895. The highest BCUT2D eigenvalue weighted by Crippen LogP contribution is 2.32. The minimum absolute atomic E-state index is 0.392. The number of hydrogen-bond donors (Lipinski definition) is 1. The molecule has 0 amide bonds. The number of pyridine rings is 1. The van der Waals surface area contributed by atoms with Crippen LogP contribution in [0.4, 0.5) is 14.5 Å². The first-order valence-corrected chi connectivity index (χ1v) is 7.31. The van der Waals surface area contributed by atoms with Gasteiger partial charge in [0.05, 0.1) is 12.2 Å². The standard InChI is InChI=1S/C17H12F2N4O/c18-12-5-11(6-15(24)16(12)19)23-8-10-7-21-17(22-14(10)9-23)13-3-1-2-4-20-13/h1-7,24H,8-9H2. The molecular formula is C17H12F2N4O. The molecule has 3 heterocycles. The molecule has 0 bridgehead atoms. The highest BCUT2D eigenvalue weighted by atomic mass is 19.2. The monoisotopic (exact) mass is 326 g/mol. The van der Waals surface area contributed by atoms with Crippen LogP contribution in [0.25, 0.3) is 11.5 Å². The van der Waals surface area contributed by atoms with E-state index in [1.165, 1.54) is 6.07 Å². The van der Waals surface area contributed by atoms with Crippen molar-refractivity contribution in [3.63, 3.8) is 0 Å². The van der Waals surface area contributed by atoms with E-state index >= 15 is 0 Å². The molecule has 0 saturated carbocycles. The first kappa shape index (κ1) is 14.5. The lowest BCUT2D eigenvalue weighted by molar-refractivity contribution is 0.407. The lowest BCUT2D eigenvalue weighted by Gasteiger charge is -2.17. The molecule has 4 rings (SSSR count). The van der Waals surface area contributed by atoms with Crippen LogP contribution in [0.15, 0.2) is 42.7 Å². The van der Waals surface area contributed by atoms with Gasteiger partial charge in [-0.05, 0) is 12.1 Å². The van der Waals surface area contributed by atoms with Crippen molar-refractivity contribution < 1.29 is 13.9 Å². The molecule has 7 heteroatoms. The van der Waals surface area contributed by atoms with Crippen molar-refractivity contribution >= 4 is 5.69 Å². The van der Waals surface area contributed by atoms with Gasteiger partial charge < -0.3 is 10.0 Å². The van der Waals surface area contributed by atoms with Crippen LogP contribution >= 0.6 is 0 Å². The van der Waals surface area contributed by atoms with Crippen LogP contribution in [0.5, 0.6) is 5.75 Å². The van der Waals surface area contributed by atoms with E-state index in [2.05, 4.69) is 15.0 Å². The zero-order valence-electron chi connectivity index (χ0n) is 12.4. The van der Waals surface area contributed by atoms with Gasteiger partial charge in [0.25, 0.3) is 0 Å². The smallest absolute Gasteiger partial charge is 0.200 e. The van der Waals surface area contributed by atoms with Crippen LogP contribution in [-0.4, -0.2) is 20.1 Å². The van der Waals surface area contributed by atoms with Crippen LogP contribution in [0.1, 0.15) is 11.3 Å². The fraction of sp³-hybridized carbons (Fsp3) is 0.118. The molecule has 0 saturated heterocycles. The fourth-order valence-corrected chi connectivity index (χ4v) is 2.70. The van der Waals surface area contributed by atoms with Crippen molar-refractivity contribution in [3.05, 3.63) is 65.6 Å². The van der Waals surface area contributed by atoms with Gasteiger partial charge in [0.1, 0.15) is 5.69 Å². The highest BCUT2D eigenvalue weighted by Gasteiger charge is 2.24. The Morgan fingerprint density at radius 1 is 1.08 bits per heavy atom. The second kappa shape index (κ2) is 5.52. The normalized spacial score (nSPS) is 13.2. The van der Waals surface area contributed by atoms with Crippen LogP contribution in [0, 0.1) is 11.6 Å². The SMILES string of the molecule is Oc1cc(N2Cc3cnc(-c4ccccn4)nc3C2)cc(F)c1F. The number of aromatic hydroxyl groups is 1. The summed E-state index contributed by atoms with van der Waals surface area (Å²) in [6.07, 6.45) is 3.38. The van der Waals surface area contributed by atoms with E-state index in [0.29, 0.717) is 30.3 Å². The minimum atomic E-state index is -1.24. The highest BCUT2D eigenvalue weighted by molar-refractivity contribution is 5.56. The average Bonchev–Trinajstić information content (AvgIpc) is 3.03. The molecule has 1 N–H and O–H groups in total. The van der Waals surface area contributed by atoms with E-state index in [-0.39, 0.29) is 0 Å². The van der Waals surface area contributed by atoms with E-state index in [4.69, 9.17) is 0 Å². The average molecular weight is 326 g/mol. The Hall–Kier alpha value is -3.09. The summed E-state index contributed by atoms with van der Waals surface area (Å²) in [6, 6.07) is 7.76. The molecule has 1 aromatic carbocycles. The second-order valence-corrected chi connectivity index (χ2v) is 5.50. The number of halogens is 2. The number of phenols is 1. The number of anilines is 1. The summed E-state index contributed by atoms with van der Waals surface area (Å²) in [5.74, 6) is -2.51. The molecule has 0 radical (unpaired) electrons. The lowest BCUT2D eigenvalue weighted by Crippen LogP contribution is -2.15. The molecule has 2 aromatic heterocycles. The number of hydrogen-bond acceptors (Lipinski definition) is 5. The number of aromatic nitrogens is 3. The van der Waals surface area contributed by atoms with Gasteiger partial charge in [-0.15, -0.1) is 0 Å². The van der Waals surface area contributed by atoms with Crippen LogP contribution in [-0.2, 0) is 13.1 Å². The van der Waals surface area contributed by atoms with E-state index < -0.39 is 17.4 Å². The lowest BCUT2D eigenvalue weighted by atomic mass is 10.2. The zero-order valence-corrected chi connectivity index (χ0v) is 12.4. The molecule has 0 unspecified atom stereocenters. The first-order valence-electron chi connectivity index (χ1n) is 7.31. The van der Waals surface area contributed by atoms with Gasteiger partial charge in [0.15, 0.2) is 23.2 Å². The van der Waals surface area contributed by atoms with Crippen LogP contribution in [0.3, 0.4) is 0 Å². The first-order chi connectivity index (χ1) is 11.6. The van der Waals surface area contributed by atoms with Crippen LogP contribution < -0.4 is 4.90 Å². The molecule has 1 aliphatic heterocycles. The predicted octanol–water partition coefficient (Wildman–Crippen LogP) is 3.04. The Morgan fingerprint density at radius 2 is 1.96 bits per heavy atom. The molecule has 24 heavy (non-hydrogen) atoms. The van der Waals surface area contributed by atoms with Gasteiger partial charge >= 0.3 is 0 Å². The molecular weight excluding hydrogens is 314 g/mol. The van der Waals surface area contributed by atoms with E-state index in [1.807, 2.05) is 18.2 Å². The van der Waals surface area contributed by atoms with Gasteiger partial charge in [-0.3, -0.25) is 4.98 Å². The van der Waals surface area contributed by atoms with E-state index in [9.17, 15) is 13.9 Å². The molecule has 1 aliphatic rings. The van der Waals surface area contributed by atoms with Gasteiger partial charge in [-0.25, -0.2) is 14.4 Å². The predicted molar refractivity (Wildman–Crippen MR) is 83.2 cm³/mol. The van der Waals surface area contributed by atoms with E-state index in [0.717, 1.165) is 17.3 Å². The maximum atomic E-state index is 13.5. The molecule has 0 atom stereocenters. The summed E-state index contributed by atoms with van der Waals surface area (Å²) in [5.41, 5.74) is 2.77. The number of fused-ring (bicyclic) bond motifs is 1. The molecule has 3 aromatic rings. The fourth-order valence-electron chi connectivity index (χ4n) is 2.70. The zero-order chi connectivity index (χ0) is 16.7. The van der Waals surface area contributed by atoms with Gasteiger partial charge in [0.2, 0.25) is 0 Å². The summed E-state index contributed by atoms with van der Waals surface area (Å²) in [7, 11) is 0.